The van der Waals surface area contributed by atoms with Gasteiger partial charge in [-0.1, -0.05) is 15.9 Å². The highest BCUT2D eigenvalue weighted by atomic mass is 79.9. The van der Waals surface area contributed by atoms with E-state index in [9.17, 15) is 0 Å². The van der Waals surface area contributed by atoms with Crippen LogP contribution in [0.1, 0.15) is 5.56 Å². The second-order valence-electron chi connectivity index (χ2n) is 3.53. The number of nitrogens with one attached hydrogen (secondary N) is 1. The topological polar surface area (TPSA) is 74.7 Å². The number of nitriles is 1. The minimum atomic E-state index is 0.407. The third-order valence-corrected chi connectivity index (χ3v) is 3.36. The van der Waals surface area contributed by atoms with Gasteiger partial charge < -0.3 is 11.1 Å². The molecule has 4 nitrogen and oxygen atoms in total. The molecule has 0 bridgehead atoms. The molecule has 1 aromatic carbocycles. The zero-order valence-electron chi connectivity index (χ0n) is 9.11. The van der Waals surface area contributed by atoms with Gasteiger partial charge in [0.25, 0.3) is 0 Å². The second-order valence-corrected chi connectivity index (χ2v) is 5.30. The molecule has 0 unspecified atom stereocenters. The van der Waals surface area contributed by atoms with E-state index in [0.29, 0.717) is 17.1 Å². The number of nitrogens with zero attached hydrogens (tertiary/aromatic N) is 2. The van der Waals surface area contributed by atoms with E-state index in [1.54, 1.807) is 6.07 Å². The molecule has 2 rings (SSSR count). The molecule has 0 aliphatic heterocycles. The van der Waals surface area contributed by atoms with Crippen LogP contribution < -0.4 is 11.1 Å². The van der Waals surface area contributed by atoms with E-state index in [1.807, 2.05) is 18.2 Å². The number of aromatic nitrogens is 1. The largest absolute Gasteiger partial charge is 0.397 e. The number of nitrogen functional groups attached to an aromatic ring is 1. The summed E-state index contributed by atoms with van der Waals surface area (Å²) < 4.78 is 1.84. The van der Waals surface area contributed by atoms with Gasteiger partial charge in [-0.25, -0.2) is 4.98 Å². The number of pyridine rings is 1. The molecule has 18 heavy (non-hydrogen) atoms. The molecular weight excluding hydrogens is 360 g/mol. The van der Waals surface area contributed by atoms with Crippen LogP contribution in [0.4, 0.5) is 17.2 Å². The van der Waals surface area contributed by atoms with Crippen LogP contribution in [0.15, 0.2) is 39.4 Å². The summed E-state index contributed by atoms with van der Waals surface area (Å²) in [6.07, 6.45) is 1.51. The molecule has 3 N–H and O–H groups in total. The minimum Gasteiger partial charge on any atom is -0.397 e. The van der Waals surface area contributed by atoms with Gasteiger partial charge in [-0.05, 0) is 40.2 Å². The van der Waals surface area contributed by atoms with E-state index >= 15 is 0 Å². The smallest absolute Gasteiger partial charge is 0.148 e. The summed E-state index contributed by atoms with van der Waals surface area (Å²) in [6.45, 7) is 0. The monoisotopic (exact) mass is 366 g/mol. The number of hydrogen-bond acceptors (Lipinski definition) is 4. The Morgan fingerprint density at radius 3 is 2.72 bits per heavy atom. The van der Waals surface area contributed by atoms with E-state index in [0.717, 1.165) is 14.6 Å². The van der Waals surface area contributed by atoms with Crippen molar-refractivity contribution in [2.45, 2.75) is 0 Å². The van der Waals surface area contributed by atoms with Crippen molar-refractivity contribution >= 4 is 49.1 Å². The molecule has 0 saturated heterocycles. The molecule has 1 heterocycles. The van der Waals surface area contributed by atoms with Gasteiger partial charge in [-0.3, -0.25) is 0 Å². The van der Waals surface area contributed by atoms with Crippen molar-refractivity contribution in [3.05, 3.63) is 45.0 Å². The summed E-state index contributed by atoms with van der Waals surface area (Å²) in [5.74, 6) is 0.481. The summed E-state index contributed by atoms with van der Waals surface area (Å²) >= 11 is 6.81. The first-order chi connectivity index (χ1) is 8.60. The van der Waals surface area contributed by atoms with E-state index in [1.165, 1.54) is 6.20 Å². The average Bonchev–Trinajstić information content (AvgIpc) is 2.34. The molecule has 6 heteroatoms. The molecule has 0 spiro atoms. The Labute approximate surface area is 121 Å². The van der Waals surface area contributed by atoms with Gasteiger partial charge in [0.2, 0.25) is 0 Å². The number of hydrogen-bond donors (Lipinski definition) is 2. The van der Waals surface area contributed by atoms with E-state index in [4.69, 9.17) is 11.0 Å². The maximum atomic E-state index is 9.03. The predicted octanol–water partition coefficient (Wildman–Crippen LogP) is 3.80. The lowest BCUT2D eigenvalue weighted by atomic mass is 10.2. The third-order valence-electron chi connectivity index (χ3n) is 2.21. The minimum absolute atomic E-state index is 0.407. The quantitative estimate of drug-likeness (QED) is 0.846. The van der Waals surface area contributed by atoms with Crippen molar-refractivity contribution < 1.29 is 0 Å². The summed E-state index contributed by atoms with van der Waals surface area (Å²) in [5, 5.41) is 12.1. The molecule has 90 valence electrons. The SMILES string of the molecule is N#Cc1cc(N)cnc1Nc1ccc(Br)cc1Br. The molecule has 0 saturated carbocycles. The zero-order valence-corrected chi connectivity index (χ0v) is 12.3. The molecule has 2 aromatic rings. The van der Waals surface area contributed by atoms with Gasteiger partial charge in [0, 0.05) is 8.95 Å². The highest BCUT2D eigenvalue weighted by Crippen LogP contribution is 2.29. The summed E-state index contributed by atoms with van der Waals surface area (Å²) in [7, 11) is 0. The normalized spacial score (nSPS) is 9.83. The fourth-order valence-corrected chi connectivity index (χ4v) is 2.53. The first-order valence-corrected chi connectivity index (χ1v) is 6.56. The third kappa shape index (κ3) is 2.81. The Balaban J connectivity index is 2.37. The van der Waals surface area contributed by atoms with Crippen molar-refractivity contribution in [1.82, 2.24) is 4.98 Å². The summed E-state index contributed by atoms with van der Waals surface area (Å²) in [5.41, 5.74) is 7.29. The molecule has 0 aliphatic rings. The lowest BCUT2D eigenvalue weighted by Crippen LogP contribution is -1.99. The van der Waals surface area contributed by atoms with Crippen LogP contribution in [0.3, 0.4) is 0 Å². The molecule has 0 fully saturated rings. The number of benzene rings is 1. The first-order valence-electron chi connectivity index (χ1n) is 4.98. The fourth-order valence-electron chi connectivity index (χ4n) is 1.38. The first kappa shape index (κ1) is 12.9. The van der Waals surface area contributed by atoms with Gasteiger partial charge in [0.15, 0.2) is 0 Å². The molecule has 0 atom stereocenters. The van der Waals surface area contributed by atoms with Crippen molar-refractivity contribution in [1.29, 1.82) is 5.26 Å². The summed E-state index contributed by atoms with van der Waals surface area (Å²) in [6, 6.07) is 9.33. The Kier molecular flexibility index (Phi) is 3.84. The van der Waals surface area contributed by atoms with Crippen LogP contribution in [-0.2, 0) is 0 Å². The van der Waals surface area contributed by atoms with Gasteiger partial charge in [0.1, 0.15) is 11.9 Å². The van der Waals surface area contributed by atoms with E-state index < -0.39 is 0 Å². The molecule has 0 aliphatic carbocycles. The van der Waals surface area contributed by atoms with Gasteiger partial charge in [0.05, 0.1) is 23.1 Å². The maximum Gasteiger partial charge on any atom is 0.148 e. The Bertz CT molecular complexity index is 634. The summed E-state index contributed by atoms with van der Waals surface area (Å²) in [4.78, 5) is 4.12. The predicted molar refractivity (Wildman–Crippen MR) is 78.5 cm³/mol. The van der Waals surface area contributed by atoms with Crippen molar-refractivity contribution in [2.24, 2.45) is 0 Å². The van der Waals surface area contributed by atoms with Crippen molar-refractivity contribution in [3.63, 3.8) is 0 Å². The van der Waals surface area contributed by atoms with Crippen LogP contribution in [0, 0.1) is 11.3 Å². The second kappa shape index (κ2) is 5.38. The highest BCUT2D eigenvalue weighted by molar-refractivity contribution is 9.11. The average molecular weight is 368 g/mol. The molecular formula is C12H8Br2N4. The van der Waals surface area contributed by atoms with Crippen LogP contribution in [0.2, 0.25) is 0 Å². The van der Waals surface area contributed by atoms with Crippen LogP contribution in [-0.4, -0.2) is 4.98 Å². The Hall–Kier alpha value is -1.58. The van der Waals surface area contributed by atoms with Crippen LogP contribution >= 0.6 is 31.9 Å². The van der Waals surface area contributed by atoms with Crippen LogP contribution in [0.25, 0.3) is 0 Å². The molecule has 0 amide bonds. The lowest BCUT2D eigenvalue weighted by Gasteiger charge is -2.09. The molecule has 1 aromatic heterocycles. The Morgan fingerprint density at radius 2 is 2.06 bits per heavy atom. The van der Waals surface area contributed by atoms with Gasteiger partial charge >= 0.3 is 0 Å². The Morgan fingerprint density at radius 1 is 1.28 bits per heavy atom. The van der Waals surface area contributed by atoms with Gasteiger partial charge in [-0.2, -0.15) is 5.26 Å². The number of nitrogens with two attached hydrogens (primary N) is 1. The number of rotatable bonds is 2. The van der Waals surface area contributed by atoms with E-state index in [2.05, 4.69) is 48.2 Å². The number of halogens is 2. The van der Waals surface area contributed by atoms with Gasteiger partial charge in [-0.15, -0.1) is 0 Å². The highest BCUT2D eigenvalue weighted by Gasteiger charge is 2.07. The number of anilines is 3. The van der Waals surface area contributed by atoms with Crippen LogP contribution in [0.5, 0.6) is 0 Å². The standard InChI is InChI=1S/C12H8Br2N4/c13-8-1-2-11(10(14)4-8)18-12-7(5-15)3-9(16)6-17-12/h1-4,6H,16H2,(H,17,18). The molecule has 0 radical (unpaired) electrons. The zero-order chi connectivity index (χ0) is 13.1. The fraction of sp³-hybridized carbons (Fsp3) is 0. The van der Waals surface area contributed by atoms with E-state index in [-0.39, 0.29) is 0 Å². The lowest BCUT2D eigenvalue weighted by molar-refractivity contribution is 1.28. The maximum absolute atomic E-state index is 9.03. The van der Waals surface area contributed by atoms with Crippen molar-refractivity contribution in [3.8, 4) is 6.07 Å². The van der Waals surface area contributed by atoms with Crippen molar-refractivity contribution in [2.75, 3.05) is 11.1 Å².